The molecule has 1 saturated heterocycles. The van der Waals surface area contributed by atoms with Gasteiger partial charge in [-0.1, -0.05) is 46.9 Å². The SMILES string of the molecule is O=C(c1cccc(Cl)c1Cl)N1CCN(Cc2c(F)cccc2Cl)CC1. The lowest BCUT2D eigenvalue weighted by atomic mass is 10.1. The van der Waals surface area contributed by atoms with Gasteiger partial charge in [-0.05, 0) is 24.3 Å². The number of piperazine rings is 1. The first kappa shape index (κ1) is 18.5. The summed E-state index contributed by atoms with van der Waals surface area (Å²) in [6.07, 6.45) is 0. The molecule has 0 spiro atoms. The Balaban J connectivity index is 1.64. The average molecular weight is 402 g/mol. The number of amides is 1. The molecule has 1 fully saturated rings. The Hall–Kier alpha value is -1.33. The van der Waals surface area contributed by atoms with Crippen LogP contribution in [0.25, 0.3) is 0 Å². The van der Waals surface area contributed by atoms with Gasteiger partial charge in [0, 0.05) is 43.3 Å². The first-order valence-corrected chi connectivity index (χ1v) is 8.99. The number of carbonyl (C=O) groups is 1. The minimum atomic E-state index is -0.309. The predicted octanol–water partition coefficient (Wildman–Crippen LogP) is 4.74. The van der Waals surface area contributed by atoms with Crippen LogP contribution in [0.3, 0.4) is 0 Å². The fourth-order valence-electron chi connectivity index (χ4n) is 2.86. The van der Waals surface area contributed by atoms with Gasteiger partial charge < -0.3 is 4.90 Å². The fraction of sp³-hybridized carbons (Fsp3) is 0.278. The summed E-state index contributed by atoms with van der Waals surface area (Å²) < 4.78 is 13.9. The monoisotopic (exact) mass is 400 g/mol. The van der Waals surface area contributed by atoms with Crippen molar-refractivity contribution in [2.24, 2.45) is 0 Å². The summed E-state index contributed by atoms with van der Waals surface area (Å²) in [5, 5.41) is 1.05. The molecule has 1 heterocycles. The standard InChI is InChI=1S/C18H16Cl3FN2O/c19-14-4-2-6-16(22)13(14)11-23-7-9-24(10-8-23)18(25)12-3-1-5-15(20)17(12)21/h1-6H,7-11H2. The van der Waals surface area contributed by atoms with Gasteiger partial charge in [0.25, 0.3) is 5.91 Å². The van der Waals surface area contributed by atoms with E-state index in [2.05, 4.69) is 4.90 Å². The second-order valence-electron chi connectivity index (χ2n) is 5.87. The van der Waals surface area contributed by atoms with E-state index in [4.69, 9.17) is 34.8 Å². The molecular formula is C18H16Cl3FN2O. The summed E-state index contributed by atoms with van der Waals surface area (Å²) in [7, 11) is 0. The maximum absolute atomic E-state index is 13.9. The smallest absolute Gasteiger partial charge is 0.255 e. The van der Waals surface area contributed by atoms with Gasteiger partial charge in [0.2, 0.25) is 0 Å². The molecule has 132 valence electrons. The van der Waals surface area contributed by atoms with Crippen LogP contribution in [-0.2, 0) is 6.54 Å². The van der Waals surface area contributed by atoms with Crippen molar-refractivity contribution in [2.45, 2.75) is 6.54 Å². The number of carbonyl (C=O) groups excluding carboxylic acids is 1. The molecule has 0 saturated carbocycles. The summed E-state index contributed by atoms with van der Waals surface area (Å²) in [5.74, 6) is -0.451. The second kappa shape index (κ2) is 7.92. The van der Waals surface area contributed by atoms with Crippen molar-refractivity contribution >= 4 is 40.7 Å². The molecule has 0 N–H and O–H groups in total. The van der Waals surface area contributed by atoms with Crippen LogP contribution >= 0.6 is 34.8 Å². The van der Waals surface area contributed by atoms with Gasteiger partial charge >= 0.3 is 0 Å². The summed E-state index contributed by atoms with van der Waals surface area (Å²) in [6.45, 7) is 2.76. The molecule has 0 aromatic heterocycles. The van der Waals surface area contributed by atoms with Gasteiger partial charge in [0.15, 0.2) is 0 Å². The van der Waals surface area contributed by atoms with Gasteiger partial charge in [-0.25, -0.2) is 4.39 Å². The zero-order chi connectivity index (χ0) is 18.0. The summed E-state index contributed by atoms with van der Waals surface area (Å²) in [4.78, 5) is 16.4. The highest BCUT2D eigenvalue weighted by molar-refractivity contribution is 6.43. The van der Waals surface area contributed by atoms with Crippen LogP contribution in [0.1, 0.15) is 15.9 Å². The first-order valence-electron chi connectivity index (χ1n) is 7.86. The topological polar surface area (TPSA) is 23.6 Å². The van der Waals surface area contributed by atoms with E-state index in [1.165, 1.54) is 6.07 Å². The predicted molar refractivity (Wildman–Crippen MR) is 99.1 cm³/mol. The summed E-state index contributed by atoms with van der Waals surface area (Å²) >= 11 is 18.2. The Morgan fingerprint density at radius 1 is 0.960 bits per heavy atom. The molecule has 0 bridgehead atoms. The Kier molecular flexibility index (Phi) is 5.85. The van der Waals surface area contributed by atoms with E-state index in [0.717, 1.165) is 0 Å². The summed E-state index contributed by atoms with van der Waals surface area (Å²) in [5.41, 5.74) is 0.890. The minimum absolute atomic E-state index is 0.143. The third-order valence-corrected chi connectivity index (χ3v) is 5.46. The number of benzene rings is 2. The van der Waals surface area contributed by atoms with Crippen LogP contribution in [0.2, 0.25) is 15.1 Å². The molecule has 2 aromatic carbocycles. The Labute approximate surface area is 160 Å². The highest BCUT2D eigenvalue weighted by atomic mass is 35.5. The molecule has 0 radical (unpaired) electrons. The minimum Gasteiger partial charge on any atom is -0.336 e. The number of rotatable bonds is 3. The largest absolute Gasteiger partial charge is 0.336 e. The molecular weight excluding hydrogens is 386 g/mol. The van der Waals surface area contributed by atoms with Gasteiger partial charge in [-0.2, -0.15) is 0 Å². The first-order chi connectivity index (χ1) is 12.0. The van der Waals surface area contributed by atoms with Crippen LogP contribution in [0.5, 0.6) is 0 Å². The molecule has 0 unspecified atom stereocenters. The molecule has 2 aromatic rings. The number of halogens is 4. The van der Waals surface area contributed by atoms with Crippen molar-refractivity contribution in [3.63, 3.8) is 0 Å². The molecule has 1 aliphatic rings. The number of hydrogen-bond donors (Lipinski definition) is 0. The van der Waals surface area contributed by atoms with E-state index < -0.39 is 0 Å². The van der Waals surface area contributed by atoms with Gasteiger partial charge in [0.1, 0.15) is 5.82 Å². The normalized spacial score (nSPS) is 15.4. The van der Waals surface area contributed by atoms with Crippen LogP contribution in [-0.4, -0.2) is 41.9 Å². The van der Waals surface area contributed by atoms with Crippen molar-refractivity contribution in [3.8, 4) is 0 Å². The van der Waals surface area contributed by atoms with E-state index in [1.54, 1.807) is 35.2 Å². The Morgan fingerprint density at radius 3 is 2.28 bits per heavy atom. The highest BCUT2D eigenvalue weighted by Gasteiger charge is 2.25. The van der Waals surface area contributed by atoms with Crippen molar-refractivity contribution in [2.75, 3.05) is 26.2 Å². The number of nitrogens with zero attached hydrogens (tertiary/aromatic N) is 2. The van der Waals surface area contributed by atoms with Crippen LogP contribution in [0.15, 0.2) is 36.4 Å². The third kappa shape index (κ3) is 4.09. The van der Waals surface area contributed by atoms with E-state index in [9.17, 15) is 9.18 Å². The quantitative estimate of drug-likeness (QED) is 0.741. The summed E-state index contributed by atoms with van der Waals surface area (Å²) in [6, 6.07) is 9.70. The van der Waals surface area contributed by atoms with E-state index in [-0.39, 0.29) is 16.7 Å². The van der Waals surface area contributed by atoms with E-state index in [0.29, 0.717) is 53.9 Å². The van der Waals surface area contributed by atoms with Crippen molar-refractivity contribution < 1.29 is 9.18 Å². The lowest BCUT2D eigenvalue weighted by Crippen LogP contribution is -2.48. The Morgan fingerprint density at radius 2 is 1.60 bits per heavy atom. The maximum Gasteiger partial charge on any atom is 0.255 e. The fourth-order valence-corrected chi connectivity index (χ4v) is 3.46. The molecule has 1 amide bonds. The third-order valence-electron chi connectivity index (χ3n) is 4.28. The van der Waals surface area contributed by atoms with Crippen molar-refractivity contribution in [1.82, 2.24) is 9.80 Å². The average Bonchev–Trinajstić information content (AvgIpc) is 2.61. The second-order valence-corrected chi connectivity index (χ2v) is 7.06. The van der Waals surface area contributed by atoms with Gasteiger partial charge in [-0.3, -0.25) is 9.69 Å². The van der Waals surface area contributed by atoms with Crippen molar-refractivity contribution in [1.29, 1.82) is 0 Å². The highest BCUT2D eigenvalue weighted by Crippen LogP contribution is 2.27. The Bertz CT molecular complexity index is 772. The molecule has 7 heteroatoms. The lowest BCUT2D eigenvalue weighted by molar-refractivity contribution is 0.0627. The van der Waals surface area contributed by atoms with Crippen LogP contribution < -0.4 is 0 Å². The maximum atomic E-state index is 13.9. The lowest BCUT2D eigenvalue weighted by Gasteiger charge is -2.35. The molecule has 3 rings (SSSR count). The molecule has 0 atom stereocenters. The molecule has 25 heavy (non-hydrogen) atoms. The van der Waals surface area contributed by atoms with Gasteiger partial charge in [0.05, 0.1) is 15.6 Å². The molecule has 0 aliphatic carbocycles. The number of hydrogen-bond acceptors (Lipinski definition) is 2. The zero-order valence-corrected chi connectivity index (χ0v) is 15.6. The van der Waals surface area contributed by atoms with Crippen LogP contribution in [0, 0.1) is 5.82 Å². The van der Waals surface area contributed by atoms with Crippen LogP contribution in [0.4, 0.5) is 4.39 Å². The molecule has 3 nitrogen and oxygen atoms in total. The van der Waals surface area contributed by atoms with Gasteiger partial charge in [-0.15, -0.1) is 0 Å². The van der Waals surface area contributed by atoms with E-state index >= 15 is 0 Å². The zero-order valence-electron chi connectivity index (χ0n) is 13.3. The van der Waals surface area contributed by atoms with Crippen molar-refractivity contribution in [3.05, 3.63) is 68.4 Å². The molecule has 1 aliphatic heterocycles. The van der Waals surface area contributed by atoms with E-state index in [1.807, 2.05) is 0 Å².